The van der Waals surface area contributed by atoms with Crippen molar-refractivity contribution in [3.8, 4) is 17.6 Å². The van der Waals surface area contributed by atoms with E-state index in [-0.39, 0.29) is 20.0 Å². The van der Waals surface area contributed by atoms with Crippen molar-refractivity contribution in [3.63, 3.8) is 0 Å². The van der Waals surface area contributed by atoms with Crippen molar-refractivity contribution in [2.24, 2.45) is 0 Å². The van der Waals surface area contributed by atoms with E-state index in [1.807, 2.05) is 81.6 Å². The summed E-state index contributed by atoms with van der Waals surface area (Å²) < 4.78 is 5.91. The highest BCUT2D eigenvalue weighted by atomic mass is 16.5. The van der Waals surface area contributed by atoms with Crippen molar-refractivity contribution in [2.75, 3.05) is 6.61 Å². The summed E-state index contributed by atoms with van der Waals surface area (Å²) in [6.07, 6.45) is 2.33. The number of aryl methyl sites for hydroxylation is 1. The van der Waals surface area contributed by atoms with Gasteiger partial charge in [0.25, 0.3) is 5.91 Å². The number of carbonyl (C=O) groups is 1. The molecular formula is C30H32N2O3. The largest absolute Gasteiger partial charge is 0.490 e. The predicted molar refractivity (Wildman–Crippen MR) is 142 cm³/mol. The number of para-hydroxylation sites is 1. The molecule has 0 saturated heterocycles. The Morgan fingerprint density at radius 3 is 2.63 bits per heavy atom. The molecule has 0 aliphatic rings. The summed E-state index contributed by atoms with van der Waals surface area (Å²) in [5.74, 6) is 6.53. The lowest BCUT2D eigenvalue weighted by molar-refractivity contribution is 0.0910. The molecule has 0 unspecified atom stereocenters. The van der Waals surface area contributed by atoms with Crippen molar-refractivity contribution < 1.29 is 16.1 Å². The van der Waals surface area contributed by atoms with E-state index in [1.54, 1.807) is 12.1 Å². The van der Waals surface area contributed by atoms with E-state index in [1.165, 1.54) is 0 Å². The van der Waals surface area contributed by atoms with Gasteiger partial charge in [-0.1, -0.05) is 48.2 Å². The van der Waals surface area contributed by atoms with E-state index in [9.17, 15) is 9.90 Å². The molecule has 3 N–H and O–H groups in total. The van der Waals surface area contributed by atoms with E-state index >= 15 is 0 Å². The number of aromatic nitrogens is 1. The molecule has 0 radical (unpaired) electrons. The highest BCUT2D eigenvalue weighted by Gasteiger charge is 2.19. The maximum Gasteiger partial charge on any atom is 0.255 e. The van der Waals surface area contributed by atoms with Crippen molar-refractivity contribution in [1.82, 2.24) is 10.3 Å². The number of hydrogen-bond donors (Lipinski definition) is 3. The first-order valence-electron chi connectivity index (χ1n) is 11.8. The van der Waals surface area contributed by atoms with Crippen LogP contribution in [0.4, 0.5) is 0 Å². The second kappa shape index (κ2) is 10.9. The van der Waals surface area contributed by atoms with Gasteiger partial charge in [0.2, 0.25) is 0 Å². The van der Waals surface area contributed by atoms with Gasteiger partial charge in [0.1, 0.15) is 5.75 Å². The van der Waals surface area contributed by atoms with Crippen LogP contribution in [0, 0.1) is 18.8 Å². The molecule has 5 nitrogen and oxygen atoms in total. The fourth-order valence-electron chi connectivity index (χ4n) is 3.98. The predicted octanol–water partition coefficient (Wildman–Crippen LogP) is 5.24. The van der Waals surface area contributed by atoms with E-state index in [0.29, 0.717) is 23.3 Å². The van der Waals surface area contributed by atoms with Crippen LogP contribution in [0.25, 0.3) is 10.9 Å². The number of fused-ring (bicyclic) bond motifs is 1. The van der Waals surface area contributed by atoms with Crippen LogP contribution in [0.15, 0.2) is 72.9 Å². The Labute approximate surface area is 207 Å². The van der Waals surface area contributed by atoms with Gasteiger partial charge in [-0.05, 0) is 68.7 Å². The van der Waals surface area contributed by atoms with Gasteiger partial charge in [0, 0.05) is 29.7 Å². The molecule has 0 aliphatic carbocycles. The molecule has 1 atom stereocenters. The summed E-state index contributed by atoms with van der Waals surface area (Å²) in [5, 5.41) is 14.1. The molecule has 35 heavy (non-hydrogen) atoms. The third-order valence-electron chi connectivity index (χ3n) is 5.77. The van der Waals surface area contributed by atoms with Crippen LogP contribution in [0.5, 0.6) is 5.75 Å². The number of nitrogens with one attached hydrogen (secondary N) is 2. The maximum absolute atomic E-state index is 13.3. The summed E-state index contributed by atoms with van der Waals surface area (Å²) in [4.78, 5) is 16.6. The molecule has 0 fully saturated rings. The fourth-order valence-corrected chi connectivity index (χ4v) is 3.98. The first kappa shape index (κ1) is 24.1. The SMILES string of the molecule is Cc1ccccc1C#Cc1ccc(OC(C)C)c(C(=O)N[C@@H](CO)Cc2c[nH]c3ccccc23)c1.[HH]. The van der Waals surface area contributed by atoms with Crippen LogP contribution >= 0.6 is 0 Å². The van der Waals surface area contributed by atoms with Gasteiger partial charge in [-0.25, -0.2) is 0 Å². The molecule has 0 bridgehead atoms. The number of aliphatic hydroxyl groups excluding tert-OH is 1. The van der Waals surface area contributed by atoms with Gasteiger partial charge in [0.05, 0.1) is 24.3 Å². The molecule has 0 spiro atoms. The van der Waals surface area contributed by atoms with E-state index in [0.717, 1.165) is 27.6 Å². The van der Waals surface area contributed by atoms with Crippen molar-refractivity contribution in [2.45, 2.75) is 39.3 Å². The third kappa shape index (κ3) is 5.92. The number of rotatable bonds is 7. The molecule has 1 aromatic heterocycles. The number of aromatic amines is 1. The highest BCUT2D eigenvalue weighted by molar-refractivity contribution is 5.97. The number of aliphatic hydroxyl groups is 1. The molecule has 1 heterocycles. The Kier molecular flexibility index (Phi) is 7.54. The molecule has 0 saturated carbocycles. The second-order valence-electron chi connectivity index (χ2n) is 8.86. The van der Waals surface area contributed by atoms with Crippen LogP contribution in [0.2, 0.25) is 0 Å². The summed E-state index contributed by atoms with van der Waals surface area (Å²) in [7, 11) is 0. The van der Waals surface area contributed by atoms with Crippen LogP contribution in [0.1, 0.15) is 47.9 Å². The normalized spacial score (nSPS) is 11.7. The second-order valence-corrected chi connectivity index (χ2v) is 8.86. The third-order valence-corrected chi connectivity index (χ3v) is 5.77. The van der Waals surface area contributed by atoms with Crippen molar-refractivity contribution >= 4 is 16.8 Å². The zero-order chi connectivity index (χ0) is 24.8. The maximum atomic E-state index is 13.3. The first-order valence-corrected chi connectivity index (χ1v) is 11.8. The molecule has 180 valence electrons. The molecule has 1 amide bonds. The van der Waals surface area contributed by atoms with Crippen LogP contribution in [0.3, 0.4) is 0 Å². The van der Waals surface area contributed by atoms with E-state index in [4.69, 9.17) is 4.74 Å². The number of H-pyrrole nitrogens is 1. The number of amides is 1. The minimum Gasteiger partial charge on any atom is -0.490 e. The highest BCUT2D eigenvalue weighted by Crippen LogP contribution is 2.23. The smallest absolute Gasteiger partial charge is 0.255 e. The van der Waals surface area contributed by atoms with Crippen LogP contribution < -0.4 is 10.1 Å². The Morgan fingerprint density at radius 1 is 1.09 bits per heavy atom. The number of ether oxygens (including phenoxy) is 1. The molecule has 3 aromatic carbocycles. The van der Waals surface area contributed by atoms with Gasteiger partial charge in [-0.15, -0.1) is 0 Å². The van der Waals surface area contributed by atoms with Crippen molar-refractivity contribution in [1.29, 1.82) is 0 Å². The monoisotopic (exact) mass is 468 g/mol. The average Bonchev–Trinajstić information content (AvgIpc) is 3.26. The molecular weight excluding hydrogens is 436 g/mol. The molecule has 4 aromatic rings. The Balaban J connectivity index is 0.00000361. The summed E-state index contributed by atoms with van der Waals surface area (Å²) in [5.41, 5.74) is 5.22. The lowest BCUT2D eigenvalue weighted by Crippen LogP contribution is -2.39. The summed E-state index contributed by atoms with van der Waals surface area (Å²) in [6, 6.07) is 20.9. The molecule has 5 heteroatoms. The zero-order valence-corrected chi connectivity index (χ0v) is 20.3. The minimum absolute atomic E-state index is 0. The van der Waals surface area contributed by atoms with Gasteiger partial charge in [-0.2, -0.15) is 0 Å². The van der Waals surface area contributed by atoms with Gasteiger partial charge in [-0.3, -0.25) is 4.79 Å². The zero-order valence-electron chi connectivity index (χ0n) is 20.3. The topological polar surface area (TPSA) is 74.3 Å². The van der Waals surface area contributed by atoms with Crippen LogP contribution in [-0.2, 0) is 6.42 Å². The minimum atomic E-state index is -0.449. The lowest BCUT2D eigenvalue weighted by Gasteiger charge is -2.19. The Hall–Kier alpha value is -4.01. The number of hydrogen-bond acceptors (Lipinski definition) is 3. The Morgan fingerprint density at radius 2 is 1.86 bits per heavy atom. The molecule has 0 aliphatic heterocycles. The van der Waals surface area contributed by atoms with Crippen molar-refractivity contribution in [3.05, 3.63) is 101 Å². The van der Waals surface area contributed by atoms with Gasteiger partial charge in [0.15, 0.2) is 0 Å². The molecule has 4 rings (SSSR count). The quantitative estimate of drug-likeness (QED) is 0.325. The lowest BCUT2D eigenvalue weighted by atomic mass is 10.0. The summed E-state index contributed by atoms with van der Waals surface area (Å²) >= 11 is 0. The van der Waals surface area contributed by atoms with Gasteiger partial charge < -0.3 is 20.1 Å². The first-order chi connectivity index (χ1) is 16.9. The average molecular weight is 469 g/mol. The summed E-state index contributed by atoms with van der Waals surface area (Å²) in [6.45, 7) is 5.67. The number of carbonyl (C=O) groups excluding carboxylic acids is 1. The Bertz CT molecular complexity index is 1400. The number of benzene rings is 3. The standard InChI is InChI=1S/C30H30N2O3.H2/c1-20(2)35-29-15-13-22(12-14-23-9-5-4-8-21(23)3)16-27(29)30(34)32-25(19-33)17-24-18-31-28-11-7-6-10-26(24)28;/h4-11,13,15-16,18,20,25,31,33H,17,19H2,1-3H3,(H,32,34);1H/t25-;/m1./s1. The van der Waals surface area contributed by atoms with E-state index in [2.05, 4.69) is 22.1 Å². The fraction of sp³-hybridized carbons (Fsp3) is 0.233. The van der Waals surface area contributed by atoms with Gasteiger partial charge >= 0.3 is 0 Å². The van der Waals surface area contributed by atoms with Crippen LogP contribution in [-0.4, -0.2) is 34.8 Å². The van der Waals surface area contributed by atoms with E-state index < -0.39 is 6.04 Å².